The zero-order valence-corrected chi connectivity index (χ0v) is 16.2. The average molecular weight is 366 g/mol. The van der Waals surface area contributed by atoms with Crippen molar-refractivity contribution in [3.8, 4) is 0 Å². The normalized spacial score (nSPS) is 58.7. The van der Waals surface area contributed by atoms with E-state index in [1.54, 1.807) is 0 Å². The van der Waals surface area contributed by atoms with Gasteiger partial charge in [-0.25, -0.2) is 0 Å². The summed E-state index contributed by atoms with van der Waals surface area (Å²) in [6.07, 6.45) is 3.70. The molecule has 0 amide bonds. The lowest BCUT2D eigenvalue weighted by Gasteiger charge is -2.65. The van der Waals surface area contributed by atoms with E-state index in [1.807, 2.05) is 13.8 Å². The smallest absolute Gasteiger partial charge is 0.161 e. The summed E-state index contributed by atoms with van der Waals surface area (Å²) >= 11 is 0. The maximum Gasteiger partial charge on any atom is 0.161 e. The van der Waals surface area contributed by atoms with Crippen molar-refractivity contribution in [2.24, 2.45) is 34.5 Å². The SMILES string of the molecule is [2H]C([2H])([2H])[C@H]1C[C@H]2[C@@H]3CC[C@](O)(C(C)=O)[C@@]3(C)CC[C@@H]2[C@@]2(C)CCC(=O)C[C@@]12O. The third-order valence-corrected chi connectivity index (χ3v) is 9.45. The van der Waals surface area contributed by atoms with Gasteiger partial charge in [0, 0.05) is 27.8 Å². The number of hydrogen-bond acceptors (Lipinski definition) is 4. The van der Waals surface area contributed by atoms with E-state index in [4.69, 9.17) is 4.11 Å². The van der Waals surface area contributed by atoms with E-state index in [9.17, 15) is 19.8 Å². The highest BCUT2D eigenvalue weighted by atomic mass is 16.3. The van der Waals surface area contributed by atoms with Gasteiger partial charge >= 0.3 is 0 Å². The molecule has 0 heterocycles. The summed E-state index contributed by atoms with van der Waals surface area (Å²) in [5.41, 5.74) is -4.07. The van der Waals surface area contributed by atoms with Crippen LogP contribution >= 0.6 is 0 Å². The molecule has 0 radical (unpaired) electrons. The van der Waals surface area contributed by atoms with Crippen LogP contribution in [0.25, 0.3) is 0 Å². The first kappa shape index (κ1) is 15.2. The summed E-state index contributed by atoms with van der Waals surface area (Å²) in [5, 5.41) is 23.0. The lowest BCUT2D eigenvalue weighted by Crippen LogP contribution is -2.66. The molecule has 4 nitrogen and oxygen atoms in total. The Bertz CT molecular complexity index is 751. The summed E-state index contributed by atoms with van der Waals surface area (Å²) in [4.78, 5) is 24.6. The molecule has 0 unspecified atom stereocenters. The predicted molar refractivity (Wildman–Crippen MR) is 98.4 cm³/mol. The molecule has 4 rings (SSSR count). The van der Waals surface area contributed by atoms with E-state index < -0.39 is 34.8 Å². The van der Waals surface area contributed by atoms with Gasteiger partial charge in [0.25, 0.3) is 0 Å². The third-order valence-electron chi connectivity index (χ3n) is 9.45. The second-order valence-corrected chi connectivity index (χ2v) is 10.1. The highest BCUT2D eigenvalue weighted by Crippen LogP contribution is 2.69. The third kappa shape index (κ3) is 1.98. The molecule has 0 aromatic rings. The van der Waals surface area contributed by atoms with Gasteiger partial charge in [-0.1, -0.05) is 20.7 Å². The molecule has 2 N–H and O–H groups in total. The molecule has 0 aromatic carbocycles. The van der Waals surface area contributed by atoms with E-state index in [0.29, 0.717) is 38.5 Å². The van der Waals surface area contributed by atoms with Gasteiger partial charge in [0.1, 0.15) is 11.4 Å². The molecular formula is C22H34O4. The van der Waals surface area contributed by atoms with Crippen molar-refractivity contribution >= 4 is 11.6 Å². The maximum atomic E-state index is 12.4. The quantitative estimate of drug-likeness (QED) is 0.748. The fourth-order valence-electron chi connectivity index (χ4n) is 7.70. The standard InChI is InChI=1S/C22H34O4/c1-13-11-16-17(20(4)8-5-15(24)12-22(13,20)26)6-9-19(3)18(16)7-10-21(19,25)14(2)23/h13,16-18,25-26H,5-12H2,1-4H3/t13-,16+,17-,18-,19-,20+,21-,22+/m0/s1/i1D3. The van der Waals surface area contributed by atoms with Crippen molar-refractivity contribution in [2.45, 2.75) is 90.2 Å². The average Bonchev–Trinajstić information content (AvgIpc) is 2.87. The largest absolute Gasteiger partial charge is 0.389 e. The van der Waals surface area contributed by atoms with Gasteiger partial charge < -0.3 is 10.2 Å². The lowest BCUT2D eigenvalue weighted by molar-refractivity contribution is -0.232. The first-order valence-corrected chi connectivity index (χ1v) is 10.2. The van der Waals surface area contributed by atoms with Gasteiger partial charge in [-0.15, -0.1) is 0 Å². The van der Waals surface area contributed by atoms with Crippen LogP contribution in [-0.4, -0.2) is 33.0 Å². The van der Waals surface area contributed by atoms with Gasteiger partial charge in [0.15, 0.2) is 5.78 Å². The van der Waals surface area contributed by atoms with Crippen LogP contribution in [0.2, 0.25) is 0 Å². The molecule has 4 heteroatoms. The van der Waals surface area contributed by atoms with E-state index in [1.165, 1.54) is 6.92 Å². The topological polar surface area (TPSA) is 74.6 Å². The molecule has 0 bridgehead atoms. The van der Waals surface area contributed by atoms with E-state index in [2.05, 4.69) is 0 Å². The van der Waals surface area contributed by atoms with Gasteiger partial charge in [-0.3, -0.25) is 9.59 Å². The Hall–Kier alpha value is -0.740. The van der Waals surface area contributed by atoms with Crippen LogP contribution in [0.15, 0.2) is 0 Å². The first-order valence-electron chi connectivity index (χ1n) is 11.7. The molecule has 4 aliphatic rings. The summed E-state index contributed by atoms with van der Waals surface area (Å²) in [5.74, 6) is -1.02. The van der Waals surface area contributed by atoms with Crippen LogP contribution in [-0.2, 0) is 9.59 Å². The molecule has 26 heavy (non-hydrogen) atoms. The molecule has 4 aliphatic carbocycles. The zero-order chi connectivity index (χ0) is 21.6. The van der Waals surface area contributed by atoms with Crippen LogP contribution in [0.5, 0.6) is 0 Å². The number of fused-ring (bicyclic) bond motifs is 5. The molecule has 4 saturated carbocycles. The van der Waals surface area contributed by atoms with Crippen LogP contribution in [0.4, 0.5) is 0 Å². The Balaban J connectivity index is 1.80. The Morgan fingerprint density at radius 1 is 1.12 bits per heavy atom. The molecule has 8 atom stereocenters. The van der Waals surface area contributed by atoms with Crippen molar-refractivity contribution in [2.75, 3.05) is 0 Å². The minimum absolute atomic E-state index is 0.0334. The van der Waals surface area contributed by atoms with Gasteiger partial charge in [0.2, 0.25) is 0 Å². The van der Waals surface area contributed by atoms with E-state index in [0.717, 1.165) is 6.42 Å². The number of hydrogen-bond donors (Lipinski definition) is 2. The first-order chi connectivity index (χ1) is 13.2. The molecular weight excluding hydrogens is 328 g/mol. The van der Waals surface area contributed by atoms with Crippen LogP contribution in [0.3, 0.4) is 0 Å². The number of ketones is 2. The maximum absolute atomic E-state index is 12.4. The molecule has 0 aliphatic heterocycles. The van der Waals surface area contributed by atoms with Crippen molar-refractivity contribution in [1.29, 1.82) is 0 Å². The van der Waals surface area contributed by atoms with Crippen LogP contribution in [0.1, 0.15) is 83.1 Å². The monoisotopic (exact) mass is 365 g/mol. The van der Waals surface area contributed by atoms with Crippen LogP contribution < -0.4 is 0 Å². The highest BCUT2D eigenvalue weighted by molar-refractivity contribution is 5.86. The number of aliphatic hydroxyl groups is 2. The van der Waals surface area contributed by atoms with Gasteiger partial charge in [-0.2, -0.15) is 0 Å². The summed E-state index contributed by atoms with van der Waals surface area (Å²) in [6, 6.07) is 0. The highest BCUT2D eigenvalue weighted by Gasteiger charge is 2.69. The fraction of sp³-hybridized carbons (Fsp3) is 0.909. The Kier molecular flexibility index (Phi) is 3.17. The second kappa shape index (κ2) is 5.41. The van der Waals surface area contributed by atoms with E-state index in [-0.39, 0.29) is 35.7 Å². The minimum atomic E-state index is -2.36. The van der Waals surface area contributed by atoms with Crippen molar-refractivity contribution in [1.82, 2.24) is 0 Å². The Morgan fingerprint density at radius 3 is 2.42 bits per heavy atom. The fourth-order valence-corrected chi connectivity index (χ4v) is 7.70. The second-order valence-electron chi connectivity index (χ2n) is 10.1. The summed E-state index contributed by atoms with van der Waals surface area (Å²) in [7, 11) is 0. The zero-order valence-electron chi connectivity index (χ0n) is 19.2. The van der Waals surface area contributed by atoms with Crippen molar-refractivity contribution in [3.63, 3.8) is 0 Å². The predicted octanol–water partition coefficient (Wildman–Crippen LogP) is 3.28. The summed E-state index contributed by atoms with van der Waals surface area (Å²) in [6.45, 7) is 3.09. The molecule has 146 valence electrons. The Labute approximate surface area is 161 Å². The number of rotatable bonds is 1. The van der Waals surface area contributed by atoms with Crippen molar-refractivity contribution in [3.05, 3.63) is 0 Å². The van der Waals surface area contributed by atoms with Gasteiger partial charge in [0.05, 0.1) is 5.60 Å². The van der Waals surface area contributed by atoms with E-state index >= 15 is 0 Å². The summed E-state index contributed by atoms with van der Waals surface area (Å²) < 4.78 is 24.5. The molecule has 4 fully saturated rings. The lowest BCUT2D eigenvalue weighted by atomic mass is 9.41. The minimum Gasteiger partial charge on any atom is -0.389 e. The molecule has 0 aromatic heterocycles. The van der Waals surface area contributed by atoms with Crippen LogP contribution in [0, 0.1) is 34.5 Å². The number of Topliss-reactive ketones (excluding diaryl/α,β-unsaturated/α-hetero) is 2. The number of carbonyl (C=O) groups excluding carboxylic acids is 2. The molecule has 0 saturated heterocycles. The van der Waals surface area contributed by atoms with Crippen molar-refractivity contribution < 1.29 is 23.9 Å². The molecule has 0 spiro atoms. The number of carbonyl (C=O) groups is 2. The Morgan fingerprint density at radius 2 is 1.77 bits per heavy atom. The van der Waals surface area contributed by atoms with Gasteiger partial charge in [-0.05, 0) is 69.1 Å².